The third-order valence-electron chi connectivity index (χ3n) is 4.78. The average molecular weight is 415 g/mol. The van der Waals surface area contributed by atoms with Gasteiger partial charge in [0.2, 0.25) is 10.0 Å². The Labute approximate surface area is 161 Å². The lowest BCUT2D eigenvalue weighted by Gasteiger charge is -2.26. The van der Waals surface area contributed by atoms with E-state index in [1.165, 1.54) is 26.4 Å². The Morgan fingerprint density at radius 3 is 2.36 bits per heavy atom. The normalized spacial score (nSPS) is 18.2. The maximum Gasteiger partial charge on any atom is 0.417 e. The molecule has 3 rings (SSSR count). The third kappa shape index (κ3) is 3.68. The number of sulfonamides is 1. The summed E-state index contributed by atoms with van der Waals surface area (Å²) in [4.78, 5) is -0.727. The van der Waals surface area contributed by atoms with Crippen LogP contribution >= 0.6 is 0 Å². The SMILES string of the molecule is COc1ccc([C@H]2CCCN2S(=O)(=O)c2ccccc2C(F)(F)F)cc1OC. The lowest BCUT2D eigenvalue weighted by Crippen LogP contribution is -2.32. The van der Waals surface area contributed by atoms with E-state index in [-0.39, 0.29) is 6.54 Å². The van der Waals surface area contributed by atoms with Crippen LogP contribution in [0.4, 0.5) is 13.2 Å². The van der Waals surface area contributed by atoms with Crippen molar-refractivity contribution < 1.29 is 31.1 Å². The Morgan fingerprint density at radius 2 is 1.71 bits per heavy atom. The molecule has 0 spiro atoms. The van der Waals surface area contributed by atoms with Crippen LogP contribution in [0, 0.1) is 0 Å². The van der Waals surface area contributed by atoms with Crippen molar-refractivity contribution in [3.05, 3.63) is 53.6 Å². The molecule has 9 heteroatoms. The van der Waals surface area contributed by atoms with Gasteiger partial charge in [-0.25, -0.2) is 8.42 Å². The zero-order chi connectivity index (χ0) is 20.5. The first-order valence-corrected chi connectivity index (χ1v) is 10.0. The molecule has 2 aromatic rings. The number of rotatable bonds is 5. The summed E-state index contributed by atoms with van der Waals surface area (Å²) in [6, 6.07) is 8.70. The molecule has 152 valence electrons. The molecule has 0 bridgehead atoms. The fourth-order valence-electron chi connectivity index (χ4n) is 3.47. The summed E-state index contributed by atoms with van der Waals surface area (Å²) in [7, 11) is -1.40. The number of hydrogen-bond acceptors (Lipinski definition) is 4. The van der Waals surface area contributed by atoms with Gasteiger partial charge in [-0.15, -0.1) is 0 Å². The predicted molar refractivity (Wildman–Crippen MR) is 96.9 cm³/mol. The Bertz CT molecular complexity index is 960. The molecular formula is C19H20F3NO4S. The second-order valence-corrected chi connectivity index (χ2v) is 8.24. The maximum absolute atomic E-state index is 13.4. The highest BCUT2D eigenvalue weighted by molar-refractivity contribution is 7.89. The second kappa shape index (κ2) is 7.63. The van der Waals surface area contributed by atoms with Gasteiger partial charge in [-0.3, -0.25) is 0 Å². The topological polar surface area (TPSA) is 55.8 Å². The number of nitrogens with zero attached hydrogens (tertiary/aromatic N) is 1. The second-order valence-electron chi connectivity index (χ2n) is 6.38. The smallest absolute Gasteiger partial charge is 0.417 e. The molecule has 0 radical (unpaired) electrons. The van der Waals surface area contributed by atoms with Crippen molar-refractivity contribution in [1.82, 2.24) is 4.31 Å². The monoisotopic (exact) mass is 415 g/mol. The Morgan fingerprint density at radius 1 is 1.04 bits per heavy atom. The Balaban J connectivity index is 2.04. The number of methoxy groups -OCH3 is 2. The first-order valence-electron chi connectivity index (χ1n) is 8.60. The van der Waals surface area contributed by atoms with Gasteiger partial charge in [0.05, 0.1) is 30.7 Å². The first kappa shape index (κ1) is 20.5. The van der Waals surface area contributed by atoms with E-state index in [1.54, 1.807) is 18.2 Å². The molecule has 5 nitrogen and oxygen atoms in total. The van der Waals surface area contributed by atoms with E-state index in [2.05, 4.69) is 0 Å². The minimum atomic E-state index is -4.76. The lowest BCUT2D eigenvalue weighted by molar-refractivity contribution is -0.139. The van der Waals surface area contributed by atoms with Crippen molar-refractivity contribution in [3.63, 3.8) is 0 Å². The van der Waals surface area contributed by atoms with Crippen molar-refractivity contribution in [2.75, 3.05) is 20.8 Å². The van der Waals surface area contributed by atoms with E-state index in [4.69, 9.17) is 9.47 Å². The zero-order valence-electron chi connectivity index (χ0n) is 15.4. The quantitative estimate of drug-likeness (QED) is 0.733. The van der Waals surface area contributed by atoms with Crippen LogP contribution in [0.25, 0.3) is 0 Å². The molecule has 1 fully saturated rings. The standard InChI is InChI=1S/C19H20F3NO4S/c1-26-16-10-9-13(12-17(16)27-2)15-7-5-11-23(15)28(24,25)18-8-4-3-6-14(18)19(20,21)22/h3-4,6,8-10,12,15H,5,7,11H2,1-2H3/t15-/m1/s1. The van der Waals surface area contributed by atoms with Crippen LogP contribution in [-0.2, 0) is 16.2 Å². The summed E-state index contributed by atoms with van der Waals surface area (Å²) in [5, 5.41) is 0. The van der Waals surface area contributed by atoms with E-state index in [0.717, 1.165) is 16.4 Å². The first-order chi connectivity index (χ1) is 13.2. The van der Waals surface area contributed by atoms with Gasteiger partial charge in [-0.05, 0) is 42.7 Å². The van der Waals surface area contributed by atoms with E-state index in [9.17, 15) is 21.6 Å². The molecule has 1 saturated heterocycles. The highest BCUT2D eigenvalue weighted by Crippen LogP contribution is 2.42. The molecule has 1 aliphatic rings. The van der Waals surface area contributed by atoms with Crippen molar-refractivity contribution in [3.8, 4) is 11.5 Å². The van der Waals surface area contributed by atoms with Crippen LogP contribution in [0.5, 0.6) is 11.5 Å². The van der Waals surface area contributed by atoms with Crippen molar-refractivity contribution in [1.29, 1.82) is 0 Å². The van der Waals surface area contributed by atoms with Crippen LogP contribution in [-0.4, -0.2) is 33.5 Å². The van der Waals surface area contributed by atoms with Gasteiger partial charge >= 0.3 is 6.18 Å². The largest absolute Gasteiger partial charge is 0.493 e. The number of alkyl halides is 3. The van der Waals surface area contributed by atoms with Crippen LogP contribution in [0.1, 0.15) is 30.0 Å². The summed E-state index contributed by atoms with van der Waals surface area (Å²) >= 11 is 0. The maximum atomic E-state index is 13.4. The fraction of sp³-hybridized carbons (Fsp3) is 0.368. The lowest BCUT2D eigenvalue weighted by atomic mass is 10.0. The fourth-order valence-corrected chi connectivity index (χ4v) is 5.37. The molecule has 28 heavy (non-hydrogen) atoms. The minimum Gasteiger partial charge on any atom is -0.493 e. The summed E-state index contributed by atoms with van der Waals surface area (Å²) < 4.78 is 77.9. The molecule has 0 aliphatic carbocycles. The summed E-state index contributed by atoms with van der Waals surface area (Å²) in [5.74, 6) is 0.918. The number of halogens is 3. The highest BCUT2D eigenvalue weighted by atomic mass is 32.2. The highest BCUT2D eigenvalue weighted by Gasteiger charge is 2.42. The number of ether oxygens (including phenoxy) is 2. The van der Waals surface area contributed by atoms with Gasteiger partial charge in [0.1, 0.15) is 0 Å². The van der Waals surface area contributed by atoms with Crippen LogP contribution in [0.15, 0.2) is 47.4 Å². The van der Waals surface area contributed by atoms with E-state index < -0.39 is 32.7 Å². The molecule has 1 aliphatic heterocycles. The van der Waals surface area contributed by atoms with Crippen molar-refractivity contribution >= 4 is 10.0 Å². The molecule has 0 aromatic heterocycles. The molecule has 0 unspecified atom stereocenters. The Hall–Kier alpha value is -2.26. The molecule has 0 saturated carbocycles. The van der Waals surface area contributed by atoms with E-state index in [0.29, 0.717) is 29.9 Å². The molecule has 2 aromatic carbocycles. The molecule has 0 amide bonds. The third-order valence-corrected chi connectivity index (χ3v) is 6.74. The van der Waals surface area contributed by atoms with Crippen molar-refractivity contribution in [2.45, 2.75) is 30.0 Å². The Kier molecular flexibility index (Phi) is 5.58. The summed E-state index contributed by atoms with van der Waals surface area (Å²) in [5.41, 5.74) is -0.517. The summed E-state index contributed by atoms with van der Waals surface area (Å²) in [6.45, 7) is 0.146. The van der Waals surface area contributed by atoms with E-state index >= 15 is 0 Å². The van der Waals surface area contributed by atoms with Gasteiger partial charge in [-0.1, -0.05) is 18.2 Å². The average Bonchev–Trinajstić information content (AvgIpc) is 3.17. The van der Waals surface area contributed by atoms with E-state index in [1.807, 2.05) is 0 Å². The number of benzene rings is 2. The van der Waals surface area contributed by atoms with Gasteiger partial charge in [0.15, 0.2) is 11.5 Å². The van der Waals surface area contributed by atoms with Crippen LogP contribution < -0.4 is 9.47 Å². The molecular weight excluding hydrogens is 395 g/mol. The van der Waals surface area contributed by atoms with Gasteiger partial charge in [0, 0.05) is 6.54 Å². The predicted octanol–water partition coefficient (Wildman–Crippen LogP) is 4.25. The van der Waals surface area contributed by atoms with Gasteiger partial charge < -0.3 is 9.47 Å². The molecule has 1 heterocycles. The van der Waals surface area contributed by atoms with Gasteiger partial charge in [-0.2, -0.15) is 17.5 Å². The molecule has 0 N–H and O–H groups in total. The van der Waals surface area contributed by atoms with Gasteiger partial charge in [0.25, 0.3) is 0 Å². The van der Waals surface area contributed by atoms with Crippen LogP contribution in [0.2, 0.25) is 0 Å². The zero-order valence-corrected chi connectivity index (χ0v) is 16.2. The molecule has 1 atom stereocenters. The minimum absolute atomic E-state index is 0.146. The van der Waals surface area contributed by atoms with Crippen LogP contribution in [0.3, 0.4) is 0 Å². The summed E-state index contributed by atoms with van der Waals surface area (Å²) in [6.07, 6.45) is -3.71. The number of hydrogen-bond donors (Lipinski definition) is 0. The van der Waals surface area contributed by atoms with Crippen molar-refractivity contribution in [2.24, 2.45) is 0 Å².